The zero-order chi connectivity index (χ0) is 16.9. The first-order chi connectivity index (χ1) is 12.4. The molecule has 1 saturated heterocycles. The van der Waals surface area contributed by atoms with Crippen LogP contribution < -0.4 is 5.32 Å². The van der Waals surface area contributed by atoms with Crippen molar-refractivity contribution in [1.82, 2.24) is 10.2 Å². The highest BCUT2D eigenvalue weighted by Crippen LogP contribution is 2.25. The second-order valence-electron chi connectivity index (χ2n) is 6.73. The normalized spacial score (nSPS) is 19.1. The lowest BCUT2D eigenvalue weighted by atomic mass is 10.0. The molecule has 1 aromatic heterocycles. The molecule has 0 bridgehead atoms. The SMILES string of the molecule is c1ccc(CN2CCC(NC(c3ccccc3)c3ccco3)C2)cc1. The van der Waals surface area contributed by atoms with Crippen molar-refractivity contribution < 1.29 is 4.42 Å². The van der Waals surface area contributed by atoms with E-state index in [2.05, 4.69) is 76.9 Å². The van der Waals surface area contributed by atoms with Gasteiger partial charge in [-0.2, -0.15) is 0 Å². The van der Waals surface area contributed by atoms with E-state index in [1.54, 1.807) is 6.26 Å². The van der Waals surface area contributed by atoms with Crippen LogP contribution in [0.5, 0.6) is 0 Å². The fourth-order valence-corrected chi connectivity index (χ4v) is 3.63. The van der Waals surface area contributed by atoms with Crippen LogP contribution in [0.2, 0.25) is 0 Å². The van der Waals surface area contributed by atoms with Crippen LogP contribution in [0.25, 0.3) is 0 Å². The monoisotopic (exact) mass is 332 g/mol. The Bertz CT molecular complexity index is 755. The number of hydrogen-bond acceptors (Lipinski definition) is 3. The molecule has 1 aliphatic heterocycles. The topological polar surface area (TPSA) is 28.4 Å². The van der Waals surface area contributed by atoms with Gasteiger partial charge in [-0.3, -0.25) is 10.2 Å². The Morgan fingerprint density at radius 1 is 0.960 bits per heavy atom. The van der Waals surface area contributed by atoms with E-state index in [0.29, 0.717) is 6.04 Å². The number of nitrogens with one attached hydrogen (secondary N) is 1. The summed E-state index contributed by atoms with van der Waals surface area (Å²) in [4.78, 5) is 2.52. The lowest BCUT2D eigenvalue weighted by molar-refractivity contribution is 0.314. The van der Waals surface area contributed by atoms with Gasteiger partial charge in [0, 0.05) is 25.7 Å². The van der Waals surface area contributed by atoms with Crippen molar-refractivity contribution in [3.8, 4) is 0 Å². The summed E-state index contributed by atoms with van der Waals surface area (Å²) in [5.41, 5.74) is 2.63. The molecule has 0 spiro atoms. The van der Waals surface area contributed by atoms with Crippen LogP contribution in [0.1, 0.15) is 29.3 Å². The molecular weight excluding hydrogens is 308 g/mol. The Kier molecular flexibility index (Phi) is 4.96. The molecule has 1 N–H and O–H groups in total. The van der Waals surface area contributed by atoms with Crippen molar-refractivity contribution in [3.63, 3.8) is 0 Å². The van der Waals surface area contributed by atoms with Gasteiger partial charge in [0.1, 0.15) is 5.76 Å². The Morgan fingerprint density at radius 3 is 2.44 bits per heavy atom. The fourth-order valence-electron chi connectivity index (χ4n) is 3.63. The van der Waals surface area contributed by atoms with Gasteiger partial charge in [-0.1, -0.05) is 60.7 Å². The summed E-state index contributed by atoms with van der Waals surface area (Å²) in [7, 11) is 0. The third-order valence-corrected chi connectivity index (χ3v) is 4.88. The lowest BCUT2D eigenvalue weighted by Crippen LogP contribution is -2.35. The Hall–Kier alpha value is -2.36. The van der Waals surface area contributed by atoms with Crippen molar-refractivity contribution >= 4 is 0 Å². The van der Waals surface area contributed by atoms with Crippen molar-refractivity contribution in [2.45, 2.75) is 25.0 Å². The van der Waals surface area contributed by atoms with Gasteiger partial charge >= 0.3 is 0 Å². The number of hydrogen-bond donors (Lipinski definition) is 1. The summed E-state index contributed by atoms with van der Waals surface area (Å²) in [6.45, 7) is 3.22. The molecule has 3 aromatic rings. The maximum absolute atomic E-state index is 5.71. The summed E-state index contributed by atoms with van der Waals surface area (Å²) in [5.74, 6) is 0.979. The molecule has 3 nitrogen and oxygen atoms in total. The first-order valence-electron chi connectivity index (χ1n) is 8.99. The average Bonchev–Trinajstić information content (AvgIpc) is 3.33. The highest BCUT2D eigenvalue weighted by molar-refractivity contribution is 5.26. The zero-order valence-electron chi connectivity index (χ0n) is 14.3. The van der Waals surface area contributed by atoms with Gasteiger partial charge in [0.15, 0.2) is 0 Å². The molecule has 128 valence electrons. The minimum atomic E-state index is 0.109. The fraction of sp³-hybridized carbons (Fsp3) is 0.273. The van der Waals surface area contributed by atoms with Crippen LogP contribution in [0.4, 0.5) is 0 Å². The molecule has 0 aliphatic carbocycles. The molecule has 1 fully saturated rings. The van der Waals surface area contributed by atoms with Gasteiger partial charge in [0.05, 0.1) is 12.3 Å². The third kappa shape index (κ3) is 4.01. The first-order valence-corrected chi connectivity index (χ1v) is 8.99. The quantitative estimate of drug-likeness (QED) is 0.732. The van der Waals surface area contributed by atoms with E-state index in [1.165, 1.54) is 11.1 Å². The summed E-state index contributed by atoms with van der Waals surface area (Å²) in [6, 6.07) is 25.9. The molecule has 2 aromatic carbocycles. The van der Waals surface area contributed by atoms with E-state index in [9.17, 15) is 0 Å². The molecule has 4 rings (SSSR count). The molecule has 0 saturated carbocycles. The second-order valence-corrected chi connectivity index (χ2v) is 6.73. The number of rotatable bonds is 6. The van der Waals surface area contributed by atoms with Gasteiger partial charge in [0.25, 0.3) is 0 Å². The predicted molar refractivity (Wildman–Crippen MR) is 100 cm³/mol. The van der Waals surface area contributed by atoms with Crippen LogP contribution in [-0.4, -0.2) is 24.0 Å². The number of nitrogens with zero attached hydrogens (tertiary/aromatic N) is 1. The van der Waals surface area contributed by atoms with E-state index in [4.69, 9.17) is 4.42 Å². The van der Waals surface area contributed by atoms with Crippen molar-refractivity contribution in [2.24, 2.45) is 0 Å². The van der Waals surface area contributed by atoms with Crippen molar-refractivity contribution in [3.05, 3.63) is 95.9 Å². The molecule has 2 atom stereocenters. The largest absolute Gasteiger partial charge is 0.467 e. The van der Waals surface area contributed by atoms with Crippen molar-refractivity contribution in [1.29, 1.82) is 0 Å². The molecule has 3 heteroatoms. The second kappa shape index (κ2) is 7.68. The van der Waals surface area contributed by atoms with E-state index in [1.807, 2.05) is 6.07 Å². The summed E-state index contributed by atoms with van der Waals surface area (Å²) >= 11 is 0. The van der Waals surface area contributed by atoms with Gasteiger partial charge in [0.2, 0.25) is 0 Å². The highest BCUT2D eigenvalue weighted by atomic mass is 16.3. The van der Waals surface area contributed by atoms with E-state index >= 15 is 0 Å². The van der Waals surface area contributed by atoms with Gasteiger partial charge in [-0.15, -0.1) is 0 Å². The molecular formula is C22H24N2O. The van der Waals surface area contributed by atoms with Crippen LogP contribution in [0.15, 0.2) is 83.5 Å². The highest BCUT2D eigenvalue weighted by Gasteiger charge is 2.27. The van der Waals surface area contributed by atoms with Crippen LogP contribution in [-0.2, 0) is 6.54 Å². The molecule has 0 radical (unpaired) electrons. The van der Waals surface area contributed by atoms with E-state index in [0.717, 1.165) is 31.8 Å². The van der Waals surface area contributed by atoms with Crippen LogP contribution in [0.3, 0.4) is 0 Å². The van der Waals surface area contributed by atoms with Gasteiger partial charge in [-0.05, 0) is 29.7 Å². The number of benzene rings is 2. The Labute approximate surface area is 149 Å². The van der Waals surface area contributed by atoms with Crippen LogP contribution in [0, 0.1) is 0 Å². The van der Waals surface area contributed by atoms with Gasteiger partial charge < -0.3 is 4.42 Å². The van der Waals surface area contributed by atoms with Crippen LogP contribution >= 0.6 is 0 Å². The molecule has 2 heterocycles. The average molecular weight is 332 g/mol. The smallest absolute Gasteiger partial charge is 0.125 e. The number of likely N-dealkylation sites (tertiary alicyclic amines) is 1. The standard InChI is InChI=1S/C22H24N2O/c1-3-8-18(9-4-1)16-24-14-13-20(17-24)23-22(21-12-7-15-25-21)19-10-5-2-6-11-19/h1-12,15,20,22-23H,13-14,16-17H2. The molecule has 2 unspecified atom stereocenters. The minimum absolute atomic E-state index is 0.109. The summed E-state index contributed by atoms with van der Waals surface area (Å²) in [5, 5.41) is 3.81. The van der Waals surface area contributed by atoms with E-state index in [-0.39, 0.29) is 6.04 Å². The Morgan fingerprint density at radius 2 is 1.72 bits per heavy atom. The summed E-state index contributed by atoms with van der Waals surface area (Å²) in [6.07, 6.45) is 2.92. The maximum Gasteiger partial charge on any atom is 0.125 e. The maximum atomic E-state index is 5.71. The number of furan rings is 1. The Balaban J connectivity index is 1.43. The van der Waals surface area contributed by atoms with E-state index < -0.39 is 0 Å². The van der Waals surface area contributed by atoms with Gasteiger partial charge in [-0.25, -0.2) is 0 Å². The van der Waals surface area contributed by atoms with Crippen molar-refractivity contribution in [2.75, 3.05) is 13.1 Å². The lowest BCUT2D eigenvalue weighted by Gasteiger charge is -2.22. The molecule has 25 heavy (non-hydrogen) atoms. The molecule has 1 aliphatic rings. The predicted octanol–water partition coefficient (Wildman–Crippen LogP) is 4.23. The molecule has 0 amide bonds. The third-order valence-electron chi connectivity index (χ3n) is 4.88. The first kappa shape index (κ1) is 16.1. The minimum Gasteiger partial charge on any atom is -0.467 e. The summed E-state index contributed by atoms with van der Waals surface area (Å²) < 4.78 is 5.71. The zero-order valence-corrected chi connectivity index (χ0v) is 14.3.